The molecular weight excluding hydrogens is 218 g/mol. The Hall–Kier alpha value is -0.380. The van der Waals surface area contributed by atoms with E-state index in [-0.39, 0.29) is 0 Å². The van der Waals surface area contributed by atoms with Gasteiger partial charge >= 0.3 is 0 Å². The van der Waals surface area contributed by atoms with Gasteiger partial charge in [-0.2, -0.15) is 0 Å². The number of hydrogen-bond donors (Lipinski definition) is 1. The van der Waals surface area contributed by atoms with E-state index < -0.39 is 0 Å². The molecule has 1 rings (SSSR count). The number of thiophene rings is 1. The van der Waals surface area contributed by atoms with Crippen LogP contribution >= 0.6 is 11.3 Å². The van der Waals surface area contributed by atoms with Gasteiger partial charge in [-0.25, -0.2) is 0 Å². The molecule has 2 atom stereocenters. The zero-order chi connectivity index (χ0) is 12.0. The van der Waals surface area contributed by atoms with Crippen molar-refractivity contribution in [3.8, 4) is 0 Å². The molecule has 0 aliphatic carbocycles. The summed E-state index contributed by atoms with van der Waals surface area (Å²) >= 11 is 1.90. The highest BCUT2D eigenvalue weighted by Crippen LogP contribution is 2.16. The highest BCUT2D eigenvalue weighted by Gasteiger charge is 2.07. The van der Waals surface area contributed by atoms with Crippen LogP contribution in [0.2, 0.25) is 0 Å². The van der Waals surface area contributed by atoms with Gasteiger partial charge in [0.2, 0.25) is 0 Å². The van der Waals surface area contributed by atoms with Crippen molar-refractivity contribution in [3.05, 3.63) is 21.9 Å². The molecule has 2 nitrogen and oxygen atoms in total. The van der Waals surface area contributed by atoms with E-state index in [0.29, 0.717) is 12.0 Å². The molecule has 0 fully saturated rings. The fraction of sp³-hybridized carbons (Fsp3) is 0.692. The average Bonchev–Trinajstić information content (AvgIpc) is 2.61. The van der Waals surface area contributed by atoms with Crippen molar-refractivity contribution in [1.82, 2.24) is 5.32 Å². The molecule has 1 aromatic heterocycles. The Balaban J connectivity index is 2.23. The first-order chi connectivity index (χ1) is 7.61. The molecule has 0 spiro atoms. The summed E-state index contributed by atoms with van der Waals surface area (Å²) in [7, 11) is 1.76. The van der Waals surface area contributed by atoms with Gasteiger partial charge in [0.1, 0.15) is 0 Å². The largest absolute Gasteiger partial charge is 0.384 e. The lowest BCUT2D eigenvalue weighted by atomic mass is 10.1. The summed E-state index contributed by atoms with van der Waals surface area (Å²) in [5, 5.41) is 3.55. The van der Waals surface area contributed by atoms with E-state index in [1.54, 1.807) is 7.11 Å². The second-order valence-corrected chi connectivity index (χ2v) is 5.96. The van der Waals surface area contributed by atoms with Gasteiger partial charge in [0, 0.05) is 36.1 Å². The van der Waals surface area contributed by atoms with E-state index in [9.17, 15) is 0 Å². The molecule has 3 heteroatoms. The van der Waals surface area contributed by atoms with E-state index in [0.717, 1.165) is 19.6 Å². The third-order valence-corrected chi connectivity index (χ3v) is 3.59. The molecule has 0 aromatic carbocycles. The van der Waals surface area contributed by atoms with Crippen molar-refractivity contribution in [3.63, 3.8) is 0 Å². The second kappa shape index (κ2) is 7.05. The van der Waals surface area contributed by atoms with Gasteiger partial charge in [-0.3, -0.25) is 0 Å². The summed E-state index contributed by atoms with van der Waals surface area (Å²) in [6.07, 6.45) is 1.12. The molecule has 0 bridgehead atoms. The Morgan fingerprint density at radius 1 is 1.38 bits per heavy atom. The number of ether oxygens (including phenoxy) is 1. The van der Waals surface area contributed by atoms with Gasteiger partial charge in [0.15, 0.2) is 0 Å². The first-order valence-electron chi connectivity index (χ1n) is 5.89. The summed E-state index contributed by atoms with van der Waals surface area (Å²) in [6.45, 7) is 8.47. The van der Waals surface area contributed by atoms with Crippen molar-refractivity contribution < 1.29 is 4.74 Å². The predicted molar refractivity (Wildman–Crippen MR) is 71.3 cm³/mol. The fourth-order valence-corrected chi connectivity index (χ4v) is 2.73. The minimum Gasteiger partial charge on any atom is -0.384 e. The van der Waals surface area contributed by atoms with Crippen molar-refractivity contribution in [2.24, 2.45) is 5.92 Å². The molecule has 0 aliphatic rings. The maximum Gasteiger partial charge on any atom is 0.0499 e. The zero-order valence-corrected chi connectivity index (χ0v) is 11.6. The highest BCUT2D eigenvalue weighted by molar-refractivity contribution is 7.11. The van der Waals surface area contributed by atoms with Crippen molar-refractivity contribution in [2.75, 3.05) is 20.3 Å². The van der Waals surface area contributed by atoms with Crippen molar-refractivity contribution >= 4 is 11.3 Å². The first-order valence-corrected chi connectivity index (χ1v) is 6.71. The monoisotopic (exact) mass is 241 g/mol. The second-order valence-electron chi connectivity index (χ2n) is 4.59. The van der Waals surface area contributed by atoms with E-state index in [1.807, 2.05) is 11.3 Å². The number of aryl methyl sites for hydroxylation is 1. The van der Waals surface area contributed by atoms with Crippen LogP contribution in [0.3, 0.4) is 0 Å². The Kier molecular flexibility index (Phi) is 6.03. The molecule has 0 aliphatic heterocycles. The normalized spacial score (nSPS) is 15.0. The summed E-state index contributed by atoms with van der Waals surface area (Å²) in [5.74, 6) is 0.581. The van der Waals surface area contributed by atoms with Crippen LogP contribution in [0.1, 0.15) is 23.6 Å². The maximum absolute atomic E-state index is 5.12. The van der Waals surface area contributed by atoms with E-state index in [2.05, 4.69) is 38.2 Å². The fourth-order valence-electron chi connectivity index (χ4n) is 1.71. The maximum atomic E-state index is 5.12. The van der Waals surface area contributed by atoms with Crippen LogP contribution < -0.4 is 5.32 Å². The van der Waals surface area contributed by atoms with E-state index in [1.165, 1.54) is 9.75 Å². The van der Waals surface area contributed by atoms with Gasteiger partial charge < -0.3 is 10.1 Å². The third kappa shape index (κ3) is 5.10. The molecular formula is C13H23NOS. The van der Waals surface area contributed by atoms with Gasteiger partial charge in [-0.1, -0.05) is 6.92 Å². The molecule has 0 amide bonds. The quantitative estimate of drug-likeness (QED) is 0.792. The molecule has 16 heavy (non-hydrogen) atoms. The van der Waals surface area contributed by atoms with Gasteiger partial charge in [0.05, 0.1) is 0 Å². The minimum absolute atomic E-state index is 0.539. The highest BCUT2D eigenvalue weighted by atomic mass is 32.1. The van der Waals surface area contributed by atoms with Gasteiger partial charge in [-0.15, -0.1) is 11.3 Å². The van der Waals surface area contributed by atoms with Gasteiger partial charge in [-0.05, 0) is 38.3 Å². The number of nitrogens with one attached hydrogen (secondary N) is 1. The van der Waals surface area contributed by atoms with Crippen LogP contribution in [-0.2, 0) is 11.2 Å². The zero-order valence-electron chi connectivity index (χ0n) is 10.7. The van der Waals surface area contributed by atoms with Crippen LogP contribution in [0.5, 0.6) is 0 Å². The summed E-state index contributed by atoms with van der Waals surface area (Å²) in [4.78, 5) is 2.87. The van der Waals surface area contributed by atoms with Crippen molar-refractivity contribution in [1.29, 1.82) is 0 Å². The number of hydrogen-bond acceptors (Lipinski definition) is 3. The number of rotatable bonds is 7. The van der Waals surface area contributed by atoms with Crippen LogP contribution in [0.25, 0.3) is 0 Å². The van der Waals surface area contributed by atoms with Crippen LogP contribution in [0.15, 0.2) is 12.1 Å². The molecule has 1 aromatic rings. The number of methoxy groups -OCH3 is 1. The van der Waals surface area contributed by atoms with Crippen molar-refractivity contribution in [2.45, 2.75) is 33.2 Å². The van der Waals surface area contributed by atoms with E-state index >= 15 is 0 Å². The van der Waals surface area contributed by atoms with E-state index in [4.69, 9.17) is 4.74 Å². The van der Waals surface area contributed by atoms with Gasteiger partial charge in [0.25, 0.3) is 0 Å². The Morgan fingerprint density at radius 2 is 2.12 bits per heavy atom. The smallest absolute Gasteiger partial charge is 0.0499 e. The lowest BCUT2D eigenvalue weighted by Crippen LogP contribution is -2.33. The molecule has 0 saturated heterocycles. The first kappa shape index (κ1) is 13.7. The summed E-state index contributed by atoms with van der Waals surface area (Å²) < 4.78 is 5.12. The molecule has 92 valence electrons. The Bertz CT molecular complexity index is 298. The topological polar surface area (TPSA) is 21.3 Å². The Morgan fingerprint density at radius 3 is 2.69 bits per heavy atom. The third-order valence-electron chi connectivity index (χ3n) is 2.57. The molecule has 1 N–H and O–H groups in total. The molecule has 2 unspecified atom stereocenters. The molecule has 0 radical (unpaired) electrons. The van der Waals surface area contributed by atoms with Crippen LogP contribution in [-0.4, -0.2) is 26.3 Å². The molecule has 1 heterocycles. The average molecular weight is 241 g/mol. The summed E-state index contributed by atoms with van der Waals surface area (Å²) in [6, 6.07) is 4.97. The molecule has 0 saturated carbocycles. The van der Waals surface area contributed by atoms with Crippen LogP contribution in [0, 0.1) is 12.8 Å². The van der Waals surface area contributed by atoms with Crippen LogP contribution in [0.4, 0.5) is 0 Å². The SMILES string of the molecule is COCC(C)CNC(C)Cc1ccc(C)s1. The standard InChI is InChI=1S/C13H23NOS/c1-10(9-15-4)8-14-11(2)7-13-6-5-12(3)16-13/h5-6,10-11,14H,7-9H2,1-4H3. The lowest BCUT2D eigenvalue weighted by Gasteiger charge is -2.16. The lowest BCUT2D eigenvalue weighted by molar-refractivity contribution is 0.157. The minimum atomic E-state index is 0.539. The predicted octanol–water partition coefficient (Wildman–Crippen LogP) is 2.86. The Labute approximate surface area is 103 Å². The summed E-state index contributed by atoms with van der Waals surface area (Å²) in [5.41, 5.74) is 0.